The van der Waals surface area contributed by atoms with Crippen molar-refractivity contribution in [2.24, 2.45) is 5.92 Å². The molecule has 0 saturated heterocycles. The maximum Gasteiger partial charge on any atom is 0.0466 e. The van der Waals surface area contributed by atoms with Crippen LogP contribution in [0.25, 0.3) is 0 Å². The van der Waals surface area contributed by atoms with Crippen LogP contribution in [0.2, 0.25) is 0 Å². The lowest BCUT2D eigenvalue weighted by Gasteiger charge is -2.31. The zero-order chi connectivity index (χ0) is 13.7. The van der Waals surface area contributed by atoms with Crippen molar-refractivity contribution in [1.29, 1.82) is 0 Å². The van der Waals surface area contributed by atoms with E-state index in [4.69, 9.17) is 0 Å². The van der Waals surface area contributed by atoms with Crippen molar-refractivity contribution in [2.75, 3.05) is 20.6 Å². The second kappa shape index (κ2) is 7.06. The predicted molar refractivity (Wildman–Crippen MR) is 82.3 cm³/mol. The third kappa shape index (κ3) is 4.32. The van der Waals surface area contributed by atoms with Crippen molar-refractivity contribution >= 4 is 0 Å². The SMILES string of the molecule is CC1CCCC(NCC(c2ccccc2)N(C)C)C1. The van der Waals surface area contributed by atoms with Crippen LogP contribution in [0, 0.1) is 5.92 Å². The number of rotatable bonds is 5. The fraction of sp³-hybridized carbons (Fsp3) is 0.647. The minimum Gasteiger partial charge on any atom is -0.312 e. The molecule has 0 aromatic heterocycles. The third-order valence-corrected chi connectivity index (χ3v) is 4.34. The van der Waals surface area contributed by atoms with Crippen LogP contribution in [-0.4, -0.2) is 31.6 Å². The van der Waals surface area contributed by atoms with E-state index < -0.39 is 0 Å². The zero-order valence-corrected chi connectivity index (χ0v) is 12.6. The Morgan fingerprint density at radius 2 is 1.95 bits per heavy atom. The lowest BCUT2D eigenvalue weighted by atomic mass is 9.87. The summed E-state index contributed by atoms with van der Waals surface area (Å²) in [6.45, 7) is 3.43. The number of hydrogen-bond acceptors (Lipinski definition) is 2. The Labute approximate surface area is 118 Å². The fourth-order valence-electron chi connectivity index (χ4n) is 3.17. The van der Waals surface area contributed by atoms with Gasteiger partial charge in [0.1, 0.15) is 0 Å². The van der Waals surface area contributed by atoms with Gasteiger partial charge in [0.25, 0.3) is 0 Å². The van der Waals surface area contributed by atoms with Crippen molar-refractivity contribution in [2.45, 2.75) is 44.7 Å². The molecule has 1 fully saturated rings. The van der Waals surface area contributed by atoms with Gasteiger partial charge in [-0.1, -0.05) is 50.1 Å². The van der Waals surface area contributed by atoms with E-state index in [1.165, 1.54) is 31.2 Å². The van der Waals surface area contributed by atoms with Gasteiger partial charge in [-0.2, -0.15) is 0 Å². The van der Waals surface area contributed by atoms with E-state index in [-0.39, 0.29) is 0 Å². The minimum atomic E-state index is 0.471. The molecule has 0 aliphatic heterocycles. The molecule has 1 saturated carbocycles. The molecule has 0 heterocycles. The first-order valence-electron chi connectivity index (χ1n) is 7.61. The molecule has 1 aromatic carbocycles. The summed E-state index contributed by atoms with van der Waals surface area (Å²) in [4.78, 5) is 2.31. The van der Waals surface area contributed by atoms with Crippen LogP contribution in [-0.2, 0) is 0 Å². The zero-order valence-electron chi connectivity index (χ0n) is 12.6. The highest BCUT2D eigenvalue weighted by Gasteiger charge is 2.20. The van der Waals surface area contributed by atoms with E-state index in [0.29, 0.717) is 6.04 Å². The van der Waals surface area contributed by atoms with Crippen LogP contribution in [0.15, 0.2) is 30.3 Å². The Kier molecular flexibility index (Phi) is 5.41. The highest BCUT2D eigenvalue weighted by Crippen LogP contribution is 2.24. The van der Waals surface area contributed by atoms with Crippen LogP contribution in [0.5, 0.6) is 0 Å². The smallest absolute Gasteiger partial charge is 0.0466 e. The summed E-state index contributed by atoms with van der Waals surface area (Å²) in [7, 11) is 4.34. The Balaban J connectivity index is 1.91. The van der Waals surface area contributed by atoms with Crippen molar-refractivity contribution < 1.29 is 0 Å². The molecule has 106 valence electrons. The van der Waals surface area contributed by atoms with Gasteiger partial charge in [-0.25, -0.2) is 0 Å². The molecular weight excluding hydrogens is 232 g/mol. The van der Waals surface area contributed by atoms with Crippen molar-refractivity contribution in [3.63, 3.8) is 0 Å². The molecular formula is C17H28N2. The Morgan fingerprint density at radius 3 is 2.58 bits per heavy atom. The average molecular weight is 260 g/mol. The molecule has 0 amide bonds. The number of likely N-dealkylation sites (N-methyl/N-ethyl adjacent to an activating group) is 1. The molecule has 19 heavy (non-hydrogen) atoms. The second-order valence-corrected chi connectivity index (χ2v) is 6.27. The Bertz CT molecular complexity index is 361. The van der Waals surface area contributed by atoms with E-state index in [1.807, 2.05) is 0 Å². The van der Waals surface area contributed by atoms with Gasteiger partial charge >= 0.3 is 0 Å². The first kappa shape index (κ1) is 14.5. The lowest BCUT2D eigenvalue weighted by molar-refractivity contribution is 0.248. The monoisotopic (exact) mass is 260 g/mol. The van der Waals surface area contributed by atoms with Gasteiger partial charge in [-0.15, -0.1) is 0 Å². The van der Waals surface area contributed by atoms with E-state index in [0.717, 1.165) is 18.5 Å². The molecule has 1 aliphatic rings. The summed E-state index contributed by atoms with van der Waals surface area (Å²) >= 11 is 0. The number of benzene rings is 1. The molecule has 2 rings (SSSR count). The van der Waals surface area contributed by atoms with Gasteiger partial charge in [-0.05, 0) is 38.4 Å². The average Bonchev–Trinajstić information content (AvgIpc) is 2.40. The van der Waals surface area contributed by atoms with Gasteiger partial charge in [0, 0.05) is 18.6 Å². The van der Waals surface area contributed by atoms with Crippen LogP contribution in [0.3, 0.4) is 0 Å². The van der Waals surface area contributed by atoms with Gasteiger partial charge in [0.15, 0.2) is 0 Å². The topological polar surface area (TPSA) is 15.3 Å². The van der Waals surface area contributed by atoms with Gasteiger partial charge in [-0.3, -0.25) is 0 Å². The van der Waals surface area contributed by atoms with Crippen molar-refractivity contribution in [1.82, 2.24) is 10.2 Å². The molecule has 3 atom stereocenters. The number of nitrogens with zero attached hydrogens (tertiary/aromatic N) is 1. The maximum absolute atomic E-state index is 3.79. The Hall–Kier alpha value is -0.860. The molecule has 0 radical (unpaired) electrons. The van der Waals surface area contributed by atoms with E-state index in [1.54, 1.807) is 0 Å². The Morgan fingerprint density at radius 1 is 1.21 bits per heavy atom. The predicted octanol–water partition coefficient (Wildman–Crippen LogP) is 3.46. The van der Waals surface area contributed by atoms with Crippen LogP contribution in [0.4, 0.5) is 0 Å². The van der Waals surface area contributed by atoms with Crippen molar-refractivity contribution in [3.8, 4) is 0 Å². The summed E-state index contributed by atoms with van der Waals surface area (Å²) in [5, 5.41) is 3.79. The number of hydrogen-bond donors (Lipinski definition) is 1. The normalized spacial score (nSPS) is 25.5. The second-order valence-electron chi connectivity index (χ2n) is 6.27. The van der Waals surface area contributed by atoms with Crippen molar-refractivity contribution in [3.05, 3.63) is 35.9 Å². The van der Waals surface area contributed by atoms with Crippen LogP contribution >= 0.6 is 0 Å². The summed E-state index contributed by atoms with van der Waals surface area (Å²) in [6, 6.07) is 12.0. The quantitative estimate of drug-likeness (QED) is 0.872. The minimum absolute atomic E-state index is 0.471. The highest BCUT2D eigenvalue weighted by molar-refractivity contribution is 5.19. The maximum atomic E-state index is 3.79. The van der Waals surface area contributed by atoms with Crippen LogP contribution < -0.4 is 5.32 Å². The highest BCUT2D eigenvalue weighted by atomic mass is 15.1. The van der Waals surface area contributed by atoms with Gasteiger partial charge in [0.2, 0.25) is 0 Å². The molecule has 1 aliphatic carbocycles. The van der Waals surface area contributed by atoms with Crippen LogP contribution in [0.1, 0.15) is 44.2 Å². The van der Waals surface area contributed by atoms with Gasteiger partial charge in [0.05, 0.1) is 0 Å². The lowest BCUT2D eigenvalue weighted by Crippen LogP contribution is -2.39. The molecule has 1 aromatic rings. The summed E-state index contributed by atoms with van der Waals surface area (Å²) < 4.78 is 0. The molecule has 2 nitrogen and oxygen atoms in total. The molecule has 0 bridgehead atoms. The molecule has 2 heteroatoms. The first-order chi connectivity index (χ1) is 9.16. The number of nitrogens with one attached hydrogen (secondary N) is 1. The summed E-state index contributed by atoms with van der Waals surface area (Å²) in [5.41, 5.74) is 1.41. The summed E-state index contributed by atoms with van der Waals surface area (Å²) in [5.74, 6) is 0.890. The van der Waals surface area contributed by atoms with Gasteiger partial charge < -0.3 is 10.2 Å². The first-order valence-corrected chi connectivity index (χ1v) is 7.61. The van der Waals surface area contributed by atoms with E-state index >= 15 is 0 Å². The summed E-state index contributed by atoms with van der Waals surface area (Å²) in [6.07, 6.45) is 5.49. The molecule has 3 unspecified atom stereocenters. The third-order valence-electron chi connectivity index (χ3n) is 4.34. The van der Waals surface area contributed by atoms with E-state index in [9.17, 15) is 0 Å². The fourth-order valence-corrected chi connectivity index (χ4v) is 3.17. The molecule has 1 N–H and O–H groups in total. The standard InChI is InChI=1S/C17H28N2/c1-14-8-7-11-16(12-14)18-13-17(19(2)3)15-9-5-4-6-10-15/h4-6,9-10,14,16-18H,7-8,11-13H2,1-3H3. The molecule has 0 spiro atoms. The van der Waals surface area contributed by atoms with E-state index in [2.05, 4.69) is 61.6 Å². The largest absolute Gasteiger partial charge is 0.312 e.